The van der Waals surface area contributed by atoms with Crippen LogP contribution in [0.2, 0.25) is 0 Å². The topological polar surface area (TPSA) is 24.5 Å². The summed E-state index contributed by atoms with van der Waals surface area (Å²) in [6.07, 6.45) is 9.88. The highest BCUT2D eigenvalue weighted by Crippen LogP contribution is 2.29. The number of nitrogens with one attached hydrogen (secondary N) is 1. The van der Waals surface area contributed by atoms with E-state index >= 15 is 0 Å². The summed E-state index contributed by atoms with van der Waals surface area (Å²) in [7, 11) is 2.30. The minimum atomic E-state index is 0.501. The molecule has 3 fully saturated rings. The largest absolute Gasteiger partial charge is 0.377 e. The number of hydrogen-bond acceptors (Lipinski definition) is 3. The first-order valence-corrected chi connectivity index (χ1v) is 7.39. The van der Waals surface area contributed by atoms with E-state index in [2.05, 4.69) is 17.3 Å². The van der Waals surface area contributed by atoms with Crippen LogP contribution in [-0.4, -0.2) is 49.3 Å². The molecule has 3 heterocycles. The van der Waals surface area contributed by atoms with Crippen LogP contribution >= 0.6 is 0 Å². The third-order valence-electron chi connectivity index (χ3n) is 4.84. The number of hydrogen-bond donors (Lipinski definition) is 1. The van der Waals surface area contributed by atoms with Gasteiger partial charge in [-0.05, 0) is 52.0 Å². The molecule has 2 bridgehead atoms. The number of piperidine rings is 1. The number of ether oxygens (including phenoxy) is 1. The number of nitrogens with zero attached hydrogens (tertiary/aromatic N) is 1. The molecule has 3 unspecified atom stereocenters. The highest BCUT2D eigenvalue weighted by molar-refractivity contribution is 4.95. The first kappa shape index (κ1) is 11.9. The van der Waals surface area contributed by atoms with Crippen LogP contribution in [0.25, 0.3) is 0 Å². The molecule has 0 spiro atoms. The predicted molar refractivity (Wildman–Crippen MR) is 69.2 cm³/mol. The summed E-state index contributed by atoms with van der Waals surface area (Å²) in [5.41, 5.74) is 0. The van der Waals surface area contributed by atoms with E-state index in [1.54, 1.807) is 0 Å². The van der Waals surface area contributed by atoms with E-state index in [1.807, 2.05) is 0 Å². The zero-order chi connectivity index (χ0) is 11.7. The molecule has 0 amide bonds. The molecule has 1 N–H and O–H groups in total. The maximum absolute atomic E-state index is 5.85. The SMILES string of the molecule is CN(CC1CCCCO1)C1CC2CCC(C1)N2. The smallest absolute Gasteiger partial charge is 0.0702 e. The number of likely N-dealkylation sites (N-methyl/N-ethyl adjacent to an activating group) is 1. The van der Waals surface area contributed by atoms with E-state index in [4.69, 9.17) is 4.74 Å². The summed E-state index contributed by atoms with van der Waals surface area (Å²) in [6, 6.07) is 2.39. The molecular formula is C14H26N2O. The Balaban J connectivity index is 1.49. The fraction of sp³-hybridized carbons (Fsp3) is 1.00. The summed E-state index contributed by atoms with van der Waals surface area (Å²) >= 11 is 0. The molecule has 3 rings (SSSR count). The Hall–Kier alpha value is -0.120. The standard InChI is InChI=1S/C14H26N2O/c1-16(10-14-4-2-3-7-17-14)13-8-11-5-6-12(9-13)15-11/h11-15H,2-10H2,1H3. The summed E-state index contributed by atoms with van der Waals surface area (Å²) in [4.78, 5) is 2.57. The fourth-order valence-corrected chi connectivity index (χ4v) is 3.81. The lowest BCUT2D eigenvalue weighted by atomic mass is 9.98. The second-order valence-electron chi connectivity index (χ2n) is 6.19. The van der Waals surface area contributed by atoms with Crippen LogP contribution in [0.5, 0.6) is 0 Å². The zero-order valence-electron chi connectivity index (χ0n) is 11.0. The van der Waals surface area contributed by atoms with Gasteiger partial charge in [0.15, 0.2) is 0 Å². The average molecular weight is 238 g/mol. The van der Waals surface area contributed by atoms with Gasteiger partial charge in [0.05, 0.1) is 6.10 Å². The van der Waals surface area contributed by atoms with Crippen LogP contribution in [0.3, 0.4) is 0 Å². The van der Waals surface area contributed by atoms with Gasteiger partial charge in [-0.1, -0.05) is 0 Å². The molecule has 3 nitrogen and oxygen atoms in total. The maximum atomic E-state index is 5.85. The monoisotopic (exact) mass is 238 g/mol. The number of fused-ring (bicyclic) bond motifs is 2. The van der Waals surface area contributed by atoms with Crippen molar-refractivity contribution in [3.8, 4) is 0 Å². The molecule has 3 saturated heterocycles. The molecule has 3 heteroatoms. The Morgan fingerprint density at radius 3 is 2.53 bits per heavy atom. The molecule has 0 aromatic carbocycles. The van der Waals surface area contributed by atoms with E-state index in [0.29, 0.717) is 6.10 Å². The zero-order valence-corrected chi connectivity index (χ0v) is 11.0. The molecule has 0 aromatic heterocycles. The van der Waals surface area contributed by atoms with Gasteiger partial charge in [-0.25, -0.2) is 0 Å². The van der Waals surface area contributed by atoms with Crippen LogP contribution in [0, 0.1) is 0 Å². The highest BCUT2D eigenvalue weighted by atomic mass is 16.5. The van der Waals surface area contributed by atoms with Crippen LogP contribution in [0.15, 0.2) is 0 Å². The van der Waals surface area contributed by atoms with E-state index in [9.17, 15) is 0 Å². The third-order valence-corrected chi connectivity index (χ3v) is 4.84. The maximum Gasteiger partial charge on any atom is 0.0702 e. The third kappa shape index (κ3) is 2.83. The van der Waals surface area contributed by atoms with Crippen molar-refractivity contribution in [3.05, 3.63) is 0 Å². The van der Waals surface area contributed by atoms with E-state index in [-0.39, 0.29) is 0 Å². The lowest BCUT2D eigenvalue weighted by molar-refractivity contribution is -0.0118. The Morgan fingerprint density at radius 2 is 1.88 bits per heavy atom. The molecular weight excluding hydrogens is 212 g/mol. The fourth-order valence-electron chi connectivity index (χ4n) is 3.81. The predicted octanol–water partition coefficient (Wildman–Crippen LogP) is 1.77. The molecule has 17 heavy (non-hydrogen) atoms. The summed E-state index contributed by atoms with van der Waals surface area (Å²) < 4.78 is 5.85. The lowest BCUT2D eigenvalue weighted by Crippen LogP contribution is -2.49. The minimum Gasteiger partial charge on any atom is -0.377 e. The molecule has 0 aromatic rings. The van der Waals surface area contributed by atoms with Gasteiger partial charge in [0.2, 0.25) is 0 Å². The van der Waals surface area contributed by atoms with Crippen molar-refractivity contribution in [2.24, 2.45) is 0 Å². The summed E-state index contributed by atoms with van der Waals surface area (Å²) in [6.45, 7) is 2.13. The minimum absolute atomic E-state index is 0.501. The van der Waals surface area contributed by atoms with Crippen LogP contribution < -0.4 is 5.32 Å². The van der Waals surface area contributed by atoms with Crippen molar-refractivity contribution < 1.29 is 4.74 Å². The van der Waals surface area contributed by atoms with E-state index in [1.165, 1.54) is 44.9 Å². The Labute approximate surface area is 105 Å². The lowest BCUT2D eigenvalue weighted by Gasteiger charge is -2.37. The Kier molecular flexibility index (Phi) is 3.69. The van der Waals surface area contributed by atoms with Crippen LogP contribution in [0.1, 0.15) is 44.9 Å². The first-order chi connectivity index (χ1) is 8.31. The van der Waals surface area contributed by atoms with Gasteiger partial charge in [0.25, 0.3) is 0 Å². The van der Waals surface area contributed by atoms with E-state index < -0.39 is 0 Å². The Bertz CT molecular complexity index is 241. The molecule has 98 valence electrons. The second-order valence-corrected chi connectivity index (χ2v) is 6.19. The van der Waals surface area contributed by atoms with Gasteiger partial charge >= 0.3 is 0 Å². The second kappa shape index (κ2) is 5.25. The van der Waals surface area contributed by atoms with Crippen molar-refractivity contribution in [1.29, 1.82) is 0 Å². The van der Waals surface area contributed by atoms with Gasteiger partial charge in [-0.15, -0.1) is 0 Å². The van der Waals surface area contributed by atoms with Crippen molar-refractivity contribution in [2.45, 2.75) is 69.2 Å². The first-order valence-electron chi connectivity index (χ1n) is 7.39. The van der Waals surface area contributed by atoms with Crippen molar-refractivity contribution in [2.75, 3.05) is 20.2 Å². The number of rotatable bonds is 3. The van der Waals surface area contributed by atoms with Gasteiger partial charge in [0.1, 0.15) is 0 Å². The van der Waals surface area contributed by atoms with Gasteiger partial charge in [-0.3, -0.25) is 0 Å². The molecule has 0 radical (unpaired) electrons. The van der Waals surface area contributed by atoms with Crippen molar-refractivity contribution >= 4 is 0 Å². The molecule has 0 aliphatic carbocycles. The van der Waals surface area contributed by atoms with Crippen LogP contribution in [0.4, 0.5) is 0 Å². The Morgan fingerprint density at radius 1 is 1.12 bits per heavy atom. The normalized spacial score (nSPS) is 42.0. The average Bonchev–Trinajstić information content (AvgIpc) is 2.69. The van der Waals surface area contributed by atoms with E-state index in [0.717, 1.165) is 31.3 Å². The van der Waals surface area contributed by atoms with Gasteiger partial charge in [0, 0.05) is 31.3 Å². The van der Waals surface area contributed by atoms with Gasteiger partial charge in [-0.2, -0.15) is 0 Å². The highest BCUT2D eigenvalue weighted by Gasteiger charge is 2.35. The molecule has 3 aliphatic rings. The van der Waals surface area contributed by atoms with Crippen molar-refractivity contribution in [3.63, 3.8) is 0 Å². The summed E-state index contributed by atoms with van der Waals surface area (Å²) in [5.74, 6) is 0. The molecule has 3 aliphatic heterocycles. The quantitative estimate of drug-likeness (QED) is 0.811. The molecule has 0 saturated carbocycles. The van der Waals surface area contributed by atoms with Crippen LogP contribution in [-0.2, 0) is 4.74 Å². The summed E-state index contributed by atoms with van der Waals surface area (Å²) in [5, 5.41) is 3.72. The van der Waals surface area contributed by atoms with Gasteiger partial charge < -0.3 is 15.0 Å². The van der Waals surface area contributed by atoms with Crippen molar-refractivity contribution in [1.82, 2.24) is 10.2 Å². The molecule has 3 atom stereocenters.